The minimum atomic E-state index is -0.952. The lowest BCUT2D eigenvalue weighted by Crippen LogP contribution is -2.65. The highest BCUT2D eigenvalue weighted by Gasteiger charge is 2.62. The van der Waals surface area contributed by atoms with E-state index in [1.54, 1.807) is 4.90 Å². The van der Waals surface area contributed by atoms with Gasteiger partial charge in [0, 0.05) is 23.9 Å². The first kappa shape index (κ1) is 18.6. The molecule has 2 unspecified atom stereocenters. The number of ether oxygens (including phenoxy) is 1. The molecule has 6 nitrogen and oxygen atoms in total. The molecule has 0 bridgehead atoms. The maximum Gasteiger partial charge on any atom is 0.257 e. The maximum absolute atomic E-state index is 13.3. The predicted molar refractivity (Wildman–Crippen MR) is 87.8 cm³/mol. The Hall–Kier alpha value is -0.690. The van der Waals surface area contributed by atoms with Gasteiger partial charge in [0.2, 0.25) is 0 Å². The molecule has 0 aromatic rings. The molecule has 2 heterocycles. The van der Waals surface area contributed by atoms with Crippen LogP contribution in [0.5, 0.6) is 0 Å². The van der Waals surface area contributed by atoms with Gasteiger partial charge in [-0.25, -0.2) is 0 Å². The van der Waals surface area contributed by atoms with Gasteiger partial charge in [0.15, 0.2) is 5.60 Å². The van der Waals surface area contributed by atoms with Crippen LogP contribution in [0.3, 0.4) is 0 Å². The van der Waals surface area contributed by atoms with Crippen LogP contribution < -0.4 is 5.32 Å². The summed E-state index contributed by atoms with van der Waals surface area (Å²) >= 11 is 0. The second-order valence-electron chi connectivity index (χ2n) is 8.62. The molecule has 2 aliphatic rings. The number of piperidine rings is 1. The molecule has 0 saturated carbocycles. The number of carbonyl (C=O) groups excluding carboxylic acids is 1. The molecule has 2 atom stereocenters. The predicted octanol–water partition coefficient (Wildman–Crippen LogP) is 1.00. The van der Waals surface area contributed by atoms with Gasteiger partial charge in [-0.2, -0.15) is 0 Å². The van der Waals surface area contributed by atoms with Crippen LogP contribution in [0.2, 0.25) is 0 Å². The van der Waals surface area contributed by atoms with Crippen molar-refractivity contribution in [3.05, 3.63) is 0 Å². The minimum Gasteiger partial charge on any atom is -0.394 e. The minimum absolute atomic E-state index is 0.0722. The van der Waals surface area contributed by atoms with Crippen molar-refractivity contribution in [2.45, 2.75) is 89.3 Å². The molecule has 0 radical (unpaired) electrons. The van der Waals surface area contributed by atoms with Crippen LogP contribution in [-0.4, -0.2) is 62.7 Å². The molecule has 0 aromatic carbocycles. The monoisotopic (exact) mass is 328 g/mol. The summed E-state index contributed by atoms with van der Waals surface area (Å²) in [6.07, 6.45) is 0.853. The zero-order valence-electron chi connectivity index (χ0n) is 15.3. The van der Waals surface area contributed by atoms with Crippen molar-refractivity contribution in [2.24, 2.45) is 0 Å². The fraction of sp³-hybridized carbons (Fsp3) is 0.941. The topological polar surface area (TPSA) is 82.0 Å². The van der Waals surface area contributed by atoms with Crippen molar-refractivity contribution in [3.63, 3.8) is 0 Å². The Kier molecular flexibility index (Phi) is 4.61. The van der Waals surface area contributed by atoms with Crippen molar-refractivity contribution in [2.75, 3.05) is 13.2 Å². The molecule has 2 aliphatic heterocycles. The lowest BCUT2D eigenvalue weighted by molar-refractivity contribution is -0.165. The summed E-state index contributed by atoms with van der Waals surface area (Å²) in [5, 5.41) is 22.6. The quantitative estimate of drug-likeness (QED) is 0.717. The summed E-state index contributed by atoms with van der Waals surface area (Å²) in [6.45, 7) is 11.9. The van der Waals surface area contributed by atoms with Crippen molar-refractivity contribution < 1.29 is 19.7 Å². The van der Waals surface area contributed by atoms with Crippen LogP contribution in [0.15, 0.2) is 0 Å². The van der Waals surface area contributed by atoms with Gasteiger partial charge in [-0.1, -0.05) is 6.92 Å². The van der Waals surface area contributed by atoms with Crippen molar-refractivity contribution in [1.82, 2.24) is 10.2 Å². The fourth-order valence-corrected chi connectivity index (χ4v) is 4.51. The van der Waals surface area contributed by atoms with Gasteiger partial charge in [-0.3, -0.25) is 4.79 Å². The maximum atomic E-state index is 13.3. The normalized spacial score (nSPS) is 33.2. The van der Waals surface area contributed by atoms with Crippen LogP contribution in [0.1, 0.15) is 60.8 Å². The molecule has 2 fully saturated rings. The highest BCUT2D eigenvalue weighted by molar-refractivity contribution is 5.88. The summed E-state index contributed by atoms with van der Waals surface area (Å²) in [5.41, 5.74) is -2.08. The number of β-amino-alcohol motifs (C(OH)–C–C–N with tert-alkyl or cyclic N) is 1. The van der Waals surface area contributed by atoms with Crippen LogP contribution >= 0.6 is 0 Å². The highest BCUT2D eigenvalue weighted by atomic mass is 16.6. The number of hydrogen-bond acceptors (Lipinski definition) is 5. The summed E-state index contributed by atoms with van der Waals surface area (Å²) in [6, 6.07) is 0. The van der Waals surface area contributed by atoms with Crippen LogP contribution in [0.25, 0.3) is 0 Å². The summed E-state index contributed by atoms with van der Waals surface area (Å²) in [7, 11) is 0. The van der Waals surface area contributed by atoms with E-state index >= 15 is 0 Å². The zero-order chi connectivity index (χ0) is 17.7. The van der Waals surface area contributed by atoms with E-state index in [1.165, 1.54) is 0 Å². The molecular formula is C17H32N2O4. The van der Waals surface area contributed by atoms with Crippen molar-refractivity contribution in [1.29, 1.82) is 0 Å². The Balaban J connectivity index is 2.39. The molecule has 0 aromatic heterocycles. The second kappa shape index (κ2) is 5.69. The summed E-state index contributed by atoms with van der Waals surface area (Å²) in [5.74, 6) is -0.0722. The number of nitrogens with one attached hydrogen (secondary N) is 1. The number of rotatable bonds is 4. The first-order valence-electron chi connectivity index (χ1n) is 8.49. The molecule has 6 heteroatoms. The molecule has 1 amide bonds. The molecule has 2 saturated heterocycles. The Bertz CT molecular complexity index is 461. The lowest BCUT2D eigenvalue weighted by atomic mass is 9.72. The molecule has 0 aliphatic carbocycles. The second-order valence-corrected chi connectivity index (χ2v) is 8.62. The number of aliphatic hydroxyl groups is 2. The molecular weight excluding hydrogens is 296 g/mol. The van der Waals surface area contributed by atoms with Crippen molar-refractivity contribution >= 4 is 5.91 Å². The van der Waals surface area contributed by atoms with Gasteiger partial charge in [0.05, 0.1) is 19.3 Å². The first-order chi connectivity index (χ1) is 10.4. The SMILES string of the molecule is CCC1(C)OC2(CC(C)(C)NC(C)(C)C2)C(=O)N1CC(O)CO. The van der Waals surface area contributed by atoms with E-state index in [0.717, 1.165) is 0 Å². The van der Waals surface area contributed by atoms with Gasteiger partial charge in [-0.15, -0.1) is 0 Å². The van der Waals surface area contributed by atoms with Crippen molar-refractivity contribution in [3.8, 4) is 0 Å². The summed E-state index contributed by atoms with van der Waals surface area (Å²) in [4.78, 5) is 14.9. The van der Waals surface area contributed by atoms with E-state index in [1.807, 2.05) is 13.8 Å². The summed E-state index contributed by atoms with van der Waals surface area (Å²) < 4.78 is 6.41. The highest BCUT2D eigenvalue weighted by Crippen LogP contribution is 2.48. The fourth-order valence-electron chi connectivity index (χ4n) is 4.51. The number of carbonyl (C=O) groups is 1. The lowest BCUT2D eigenvalue weighted by Gasteiger charge is -2.50. The van der Waals surface area contributed by atoms with Gasteiger partial charge >= 0.3 is 0 Å². The van der Waals surface area contributed by atoms with E-state index in [2.05, 4.69) is 33.0 Å². The van der Waals surface area contributed by atoms with Crippen LogP contribution in [0.4, 0.5) is 0 Å². The Morgan fingerprint density at radius 2 is 1.74 bits per heavy atom. The third-order valence-corrected chi connectivity index (χ3v) is 5.01. The number of amides is 1. The van der Waals surface area contributed by atoms with Gasteiger partial charge in [0.25, 0.3) is 5.91 Å². The zero-order valence-corrected chi connectivity index (χ0v) is 15.3. The van der Waals surface area contributed by atoms with E-state index < -0.39 is 17.4 Å². The number of aliphatic hydroxyl groups excluding tert-OH is 2. The van der Waals surface area contributed by atoms with Crippen LogP contribution in [-0.2, 0) is 9.53 Å². The molecule has 23 heavy (non-hydrogen) atoms. The van der Waals surface area contributed by atoms with Crippen LogP contribution in [0, 0.1) is 0 Å². The third kappa shape index (κ3) is 3.40. The van der Waals surface area contributed by atoms with Gasteiger partial charge in [0.1, 0.15) is 5.72 Å². The molecule has 3 N–H and O–H groups in total. The largest absolute Gasteiger partial charge is 0.394 e. The Morgan fingerprint density at radius 3 is 2.17 bits per heavy atom. The van der Waals surface area contributed by atoms with E-state index in [0.29, 0.717) is 19.3 Å². The number of hydrogen-bond donors (Lipinski definition) is 3. The van der Waals surface area contributed by atoms with E-state index in [4.69, 9.17) is 9.84 Å². The van der Waals surface area contributed by atoms with E-state index in [-0.39, 0.29) is 30.1 Å². The first-order valence-corrected chi connectivity index (χ1v) is 8.49. The van der Waals surface area contributed by atoms with E-state index in [9.17, 15) is 9.90 Å². The smallest absolute Gasteiger partial charge is 0.257 e. The average Bonchev–Trinajstić information content (AvgIpc) is 2.56. The average molecular weight is 328 g/mol. The molecule has 1 spiro atoms. The number of nitrogens with zero attached hydrogens (tertiary/aromatic N) is 1. The standard InChI is InChI=1S/C17H32N2O4/c1-7-16(6)19(8-12(21)9-20)13(22)17(23-16)10-14(2,3)18-15(4,5)11-17/h12,18,20-21H,7-11H2,1-6H3. The molecule has 2 rings (SSSR count). The third-order valence-electron chi connectivity index (χ3n) is 5.01. The Morgan fingerprint density at radius 1 is 1.22 bits per heavy atom. The van der Waals surface area contributed by atoms with Gasteiger partial charge in [-0.05, 0) is 41.0 Å². The molecule has 134 valence electrons. The van der Waals surface area contributed by atoms with Gasteiger partial charge < -0.3 is 25.2 Å². The Labute approximate surface area is 139 Å².